The van der Waals surface area contributed by atoms with E-state index < -0.39 is 17.8 Å². The Hall–Kier alpha value is -3.26. The van der Waals surface area contributed by atoms with Crippen molar-refractivity contribution in [3.05, 3.63) is 76.6 Å². The van der Waals surface area contributed by atoms with Gasteiger partial charge in [0.15, 0.2) is 0 Å². The van der Waals surface area contributed by atoms with E-state index in [1.807, 2.05) is 13.5 Å². The van der Waals surface area contributed by atoms with E-state index in [2.05, 4.69) is 26.9 Å². The molecule has 1 saturated heterocycles. The van der Waals surface area contributed by atoms with E-state index in [9.17, 15) is 18.4 Å². The molecule has 1 fully saturated rings. The molecule has 39 heavy (non-hydrogen) atoms. The Balaban J connectivity index is 1.69. The number of piperidine rings is 1. The van der Waals surface area contributed by atoms with Crippen molar-refractivity contribution in [1.82, 2.24) is 9.91 Å². The third-order valence-electron chi connectivity index (χ3n) is 6.39. The number of nitriles is 1. The van der Waals surface area contributed by atoms with Crippen molar-refractivity contribution in [2.45, 2.75) is 37.6 Å². The summed E-state index contributed by atoms with van der Waals surface area (Å²) in [6.07, 6.45) is 2.36. The number of aliphatic imine (C=N–C) groups is 1. The van der Waals surface area contributed by atoms with E-state index >= 15 is 0 Å². The average Bonchev–Trinajstić information content (AvgIpc) is 3.31. The minimum absolute atomic E-state index is 0.0216. The molecule has 1 radical (unpaired) electrons. The molecule has 2 aromatic carbocycles. The standard InChI is InChI=1S/C27H26Cl2F3N6O/c1-3-4-19-15-23(17-5-7-21(28)22(29)13-17)36-38(19)26(34-16-33)35-24-14-18(27(30,31)32)6-8-25(24)39-20-9-11-37(2)12-10-20/h3,5-8,13-15,19-20H,1,4,9-12H2,2H3,(H,34,35). The number of nitrogens with one attached hydrogen (secondary N) is 1. The number of hydrogen-bond donors (Lipinski definition) is 1. The van der Waals surface area contributed by atoms with Crippen LogP contribution >= 0.6 is 23.2 Å². The number of rotatable bonds is 6. The SMILES string of the molecule is C=CCC1[CH]C(c2ccc(Cl)c(Cl)c2)=NN1C(=NC#N)Nc1cc(C(F)(F)F)ccc1OC1CCN(C)CC1. The van der Waals surface area contributed by atoms with E-state index in [1.54, 1.807) is 30.5 Å². The molecule has 0 saturated carbocycles. The molecule has 205 valence electrons. The summed E-state index contributed by atoms with van der Waals surface area (Å²) in [5, 5.41) is 19.1. The number of nitrogens with zero attached hydrogens (tertiary/aromatic N) is 5. The van der Waals surface area contributed by atoms with E-state index in [-0.39, 0.29) is 23.5 Å². The third-order valence-corrected chi connectivity index (χ3v) is 7.13. The highest BCUT2D eigenvalue weighted by Gasteiger charge is 2.34. The maximum atomic E-state index is 13.6. The topological polar surface area (TPSA) is 76.2 Å². The maximum absolute atomic E-state index is 13.6. The Morgan fingerprint density at radius 2 is 1.97 bits per heavy atom. The van der Waals surface area contributed by atoms with Crippen molar-refractivity contribution in [3.63, 3.8) is 0 Å². The summed E-state index contributed by atoms with van der Waals surface area (Å²) in [6.45, 7) is 5.41. The molecule has 0 bridgehead atoms. The van der Waals surface area contributed by atoms with Crippen LogP contribution in [0.25, 0.3) is 0 Å². The minimum atomic E-state index is -4.58. The molecule has 0 amide bonds. The van der Waals surface area contributed by atoms with E-state index in [1.165, 1.54) is 11.1 Å². The average molecular weight is 578 g/mol. The van der Waals surface area contributed by atoms with Gasteiger partial charge in [-0.15, -0.1) is 11.6 Å². The zero-order valence-electron chi connectivity index (χ0n) is 21.1. The van der Waals surface area contributed by atoms with Gasteiger partial charge in [0.25, 0.3) is 0 Å². The predicted molar refractivity (Wildman–Crippen MR) is 147 cm³/mol. The highest BCUT2D eigenvalue weighted by atomic mass is 35.5. The molecule has 2 aliphatic rings. The van der Waals surface area contributed by atoms with Crippen molar-refractivity contribution in [1.29, 1.82) is 5.26 Å². The van der Waals surface area contributed by atoms with Gasteiger partial charge in [0.1, 0.15) is 11.9 Å². The normalized spacial score (nSPS) is 19.0. The smallest absolute Gasteiger partial charge is 0.416 e. The van der Waals surface area contributed by atoms with Crippen LogP contribution in [0.5, 0.6) is 5.75 Å². The molecule has 1 unspecified atom stereocenters. The number of likely N-dealkylation sites (tertiary alicyclic amines) is 1. The van der Waals surface area contributed by atoms with Gasteiger partial charge in [-0.25, -0.2) is 5.01 Å². The van der Waals surface area contributed by atoms with Gasteiger partial charge in [-0.3, -0.25) is 0 Å². The molecule has 2 aliphatic heterocycles. The number of hydrogen-bond acceptors (Lipinski definition) is 5. The summed E-state index contributed by atoms with van der Waals surface area (Å²) >= 11 is 12.2. The molecule has 0 aromatic heterocycles. The molecule has 1 atom stereocenters. The zero-order chi connectivity index (χ0) is 28.2. The number of alkyl halides is 3. The number of guanidine groups is 1. The second-order valence-electron chi connectivity index (χ2n) is 9.21. The molecule has 12 heteroatoms. The molecule has 4 rings (SSSR count). The van der Waals surface area contributed by atoms with Gasteiger partial charge >= 0.3 is 6.18 Å². The van der Waals surface area contributed by atoms with Crippen molar-refractivity contribution in [3.8, 4) is 11.9 Å². The molecule has 2 heterocycles. The predicted octanol–water partition coefficient (Wildman–Crippen LogP) is 6.60. The highest BCUT2D eigenvalue weighted by molar-refractivity contribution is 6.42. The summed E-state index contributed by atoms with van der Waals surface area (Å²) in [6, 6.07) is 7.82. The Labute approximate surface area is 235 Å². The van der Waals surface area contributed by atoms with Gasteiger partial charge in [0.2, 0.25) is 12.2 Å². The molecule has 0 aliphatic carbocycles. The van der Waals surface area contributed by atoms with Crippen LogP contribution in [-0.2, 0) is 6.18 Å². The first-order chi connectivity index (χ1) is 18.6. The molecular formula is C27H26Cl2F3N6O. The van der Waals surface area contributed by atoms with Crippen LogP contribution in [0.3, 0.4) is 0 Å². The molecule has 0 spiro atoms. The number of anilines is 1. The number of benzene rings is 2. The summed E-state index contributed by atoms with van der Waals surface area (Å²) in [5.74, 6) is 0.156. The molecule has 1 N–H and O–H groups in total. The van der Waals surface area contributed by atoms with Crippen molar-refractivity contribution in [2.75, 3.05) is 25.5 Å². The first-order valence-corrected chi connectivity index (χ1v) is 12.9. The van der Waals surface area contributed by atoms with Gasteiger partial charge in [-0.2, -0.15) is 23.5 Å². The Kier molecular flexibility index (Phi) is 9.05. The fourth-order valence-electron chi connectivity index (χ4n) is 4.32. The van der Waals surface area contributed by atoms with Gasteiger partial charge in [0.05, 0.1) is 33.0 Å². The lowest BCUT2D eigenvalue weighted by molar-refractivity contribution is -0.137. The summed E-state index contributed by atoms with van der Waals surface area (Å²) in [4.78, 5) is 6.03. The molecule has 7 nitrogen and oxygen atoms in total. The van der Waals surface area contributed by atoms with Crippen LogP contribution in [0.2, 0.25) is 10.0 Å². The van der Waals surface area contributed by atoms with Crippen molar-refractivity contribution >= 4 is 40.6 Å². The highest BCUT2D eigenvalue weighted by Crippen LogP contribution is 2.37. The second kappa shape index (κ2) is 12.3. The summed E-state index contributed by atoms with van der Waals surface area (Å²) < 4.78 is 47.0. The third kappa shape index (κ3) is 7.04. The zero-order valence-corrected chi connectivity index (χ0v) is 22.6. The molecule has 2 aromatic rings. The second-order valence-corrected chi connectivity index (χ2v) is 10.0. The fraction of sp³-hybridized carbons (Fsp3) is 0.333. The number of ether oxygens (including phenoxy) is 1. The summed E-state index contributed by atoms with van der Waals surface area (Å²) in [7, 11) is 2.01. The van der Waals surface area contributed by atoms with Gasteiger partial charge in [0, 0.05) is 19.5 Å². The van der Waals surface area contributed by atoms with Crippen LogP contribution in [-0.4, -0.2) is 53.9 Å². The van der Waals surface area contributed by atoms with Crippen molar-refractivity contribution in [2.24, 2.45) is 10.1 Å². The molecular weight excluding hydrogens is 552 g/mol. The lowest BCUT2D eigenvalue weighted by Crippen LogP contribution is -2.38. The van der Waals surface area contributed by atoms with Gasteiger partial charge in [-0.1, -0.05) is 35.3 Å². The number of halogens is 5. The first kappa shape index (κ1) is 28.7. The number of hydrazone groups is 1. The van der Waals surface area contributed by atoms with E-state index in [0.717, 1.165) is 38.1 Å². The lowest BCUT2D eigenvalue weighted by Gasteiger charge is -2.30. The van der Waals surface area contributed by atoms with Crippen LogP contribution in [0.1, 0.15) is 30.4 Å². The van der Waals surface area contributed by atoms with E-state index in [0.29, 0.717) is 27.7 Å². The summed E-state index contributed by atoms with van der Waals surface area (Å²) in [5.41, 5.74) is 0.350. The van der Waals surface area contributed by atoms with Gasteiger partial charge in [-0.05, 0) is 62.2 Å². The monoisotopic (exact) mass is 577 g/mol. The first-order valence-electron chi connectivity index (χ1n) is 12.2. The van der Waals surface area contributed by atoms with Gasteiger partial charge < -0.3 is 15.0 Å². The Bertz CT molecular complexity index is 1320. The largest absolute Gasteiger partial charge is 0.488 e. The minimum Gasteiger partial charge on any atom is -0.488 e. The van der Waals surface area contributed by atoms with Crippen LogP contribution in [0.15, 0.2) is 59.1 Å². The quantitative estimate of drug-likeness (QED) is 0.181. The van der Waals surface area contributed by atoms with Crippen LogP contribution in [0.4, 0.5) is 18.9 Å². The Morgan fingerprint density at radius 3 is 2.62 bits per heavy atom. The fourth-order valence-corrected chi connectivity index (χ4v) is 4.62. The van der Waals surface area contributed by atoms with Crippen molar-refractivity contribution < 1.29 is 17.9 Å². The maximum Gasteiger partial charge on any atom is 0.416 e. The lowest BCUT2D eigenvalue weighted by atomic mass is 10.0. The Morgan fingerprint density at radius 1 is 1.23 bits per heavy atom. The van der Waals surface area contributed by atoms with Crippen LogP contribution in [0, 0.1) is 17.9 Å². The van der Waals surface area contributed by atoms with Crippen LogP contribution < -0.4 is 10.1 Å². The van der Waals surface area contributed by atoms with E-state index in [4.69, 9.17) is 27.9 Å².